The molecule has 2 N–H and O–H groups in total. The molecule has 0 heterocycles. The van der Waals surface area contributed by atoms with Gasteiger partial charge in [-0.25, -0.2) is 4.79 Å². The van der Waals surface area contributed by atoms with Gasteiger partial charge in [0.1, 0.15) is 6.61 Å². The number of rotatable bonds is 10. The van der Waals surface area contributed by atoms with Crippen LogP contribution in [0.5, 0.6) is 11.5 Å². The Morgan fingerprint density at radius 3 is 2.41 bits per heavy atom. The summed E-state index contributed by atoms with van der Waals surface area (Å²) in [6.07, 6.45) is 1.60. The molecule has 0 unspecified atom stereocenters. The van der Waals surface area contributed by atoms with Gasteiger partial charge in [-0.2, -0.15) is 5.10 Å². The van der Waals surface area contributed by atoms with Crippen LogP contribution in [0.25, 0.3) is 0 Å². The maximum absolute atomic E-state index is 10.9. The molecule has 3 rings (SSSR count). The summed E-state index contributed by atoms with van der Waals surface area (Å²) >= 11 is 0. The van der Waals surface area contributed by atoms with Crippen molar-refractivity contribution < 1.29 is 24.3 Å². The number of ether oxygens (including phenoxy) is 2. The van der Waals surface area contributed by atoms with E-state index in [1.165, 1.54) is 24.3 Å². The molecule has 164 valence electrons. The Labute approximate surface area is 184 Å². The van der Waals surface area contributed by atoms with Crippen LogP contribution in [0, 0.1) is 10.1 Å². The third kappa shape index (κ3) is 6.05. The monoisotopic (exact) mass is 435 g/mol. The van der Waals surface area contributed by atoms with Crippen LogP contribution in [0.3, 0.4) is 0 Å². The van der Waals surface area contributed by atoms with Gasteiger partial charge in [-0.05, 0) is 60.5 Å². The first kappa shape index (κ1) is 22.3. The van der Waals surface area contributed by atoms with Crippen molar-refractivity contribution in [2.75, 3.05) is 12.0 Å². The van der Waals surface area contributed by atoms with Crippen molar-refractivity contribution in [2.24, 2.45) is 5.10 Å². The molecule has 0 bridgehead atoms. The van der Waals surface area contributed by atoms with E-state index in [0.29, 0.717) is 23.8 Å². The molecule has 3 aromatic rings. The van der Waals surface area contributed by atoms with E-state index in [-0.39, 0.29) is 17.9 Å². The Hall–Kier alpha value is -4.40. The molecule has 0 atom stereocenters. The third-order valence-corrected chi connectivity index (χ3v) is 4.35. The number of anilines is 1. The van der Waals surface area contributed by atoms with Crippen LogP contribution in [-0.2, 0) is 6.61 Å². The van der Waals surface area contributed by atoms with Gasteiger partial charge >= 0.3 is 5.97 Å². The van der Waals surface area contributed by atoms with Crippen molar-refractivity contribution in [1.29, 1.82) is 0 Å². The normalized spacial score (nSPS) is 10.7. The van der Waals surface area contributed by atoms with Crippen molar-refractivity contribution in [3.05, 3.63) is 93.5 Å². The molecule has 0 fully saturated rings. The largest absolute Gasteiger partial charge is 0.490 e. The minimum atomic E-state index is -0.976. The molecule has 0 aliphatic carbocycles. The topological polar surface area (TPSA) is 123 Å². The first-order valence-electron chi connectivity index (χ1n) is 9.71. The summed E-state index contributed by atoms with van der Waals surface area (Å²) in [4.78, 5) is 21.2. The highest BCUT2D eigenvalue weighted by atomic mass is 16.6. The Bertz CT molecular complexity index is 1110. The van der Waals surface area contributed by atoms with Gasteiger partial charge in [0.2, 0.25) is 0 Å². The first-order chi connectivity index (χ1) is 15.5. The van der Waals surface area contributed by atoms with E-state index in [9.17, 15) is 14.9 Å². The predicted octanol–water partition coefficient (Wildman–Crippen LogP) is 4.72. The van der Waals surface area contributed by atoms with Gasteiger partial charge in [0.25, 0.3) is 5.69 Å². The van der Waals surface area contributed by atoms with E-state index >= 15 is 0 Å². The lowest BCUT2D eigenvalue weighted by Crippen LogP contribution is -2.01. The number of carboxylic acids is 1. The van der Waals surface area contributed by atoms with E-state index in [2.05, 4.69) is 10.5 Å². The van der Waals surface area contributed by atoms with Gasteiger partial charge in [0.15, 0.2) is 11.5 Å². The molecule has 0 saturated carbocycles. The molecular formula is C23H21N3O6. The van der Waals surface area contributed by atoms with Gasteiger partial charge in [0, 0.05) is 12.1 Å². The standard InChI is InChI=1S/C23H21N3O6/c1-2-31-22-13-17(14-24-25-19-8-10-20(11-9-19)26(29)30)5-12-21(22)32-15-16-3-6-18(7-4-16)23(27)28/h3-14,25H,2,15H2,1H3,(H,27,28)/b24-14+. The molecular weight excluding hydrogens is 414 g/mol. The van der Waals surface area contributed by atoms with Crippen LogP contribution in [0.4, 0.5) is 11.4 Å². The van der Waals surface area contributed by atoms with E-state index in [1.54, 1.807) is 42.6 Å². The number of aromatic carboxylic acids is 1. The lowest BCUT2D eigenvalue weighted by molar-refractivity contribution is -0.384. The number of nitro benzene ring substituents is 1. The Morgan fingerprint density at radius 2 is 1.78 bits per heavy atom. The predicted molar refractivity (Wildman–Crippen MR) is 120 cm³/mol. The van der Waals surface area contributed by atoms with Crippen LogP contribution in [0.1, 0.15) is 28.4 Å². The molecule has 0 aliphatic heterocycles. The fourth-order valence-electron chi connectivity index (χ4n) is 2.74. The second-order valence-corrected chi connectivity index (χ2v) is 6.60. The average Bonchev–Trinajstić information content (AvgIpc) is 2.79. The van der Waals surface area contributed by atoms with E-state index in [4.69, 9.17) is 14.6 Å². The van der Waals surface area contributed by atoms with Gasteiger partial charge < -0.3 is 14.6 Å². The zero-order valence-corrected chi connectivity index (χ0v) is 17.2. The number of hydrogen-bond acceptors (Lipinski definition) is 7. The number of carboxylic acid groups (broad SMARTS) is 1. The van der Waals surface area contributed by atoms with Crippen molar-refractivity contribution in [3.63, 3.8) is 0 Å². The van der Waals surface area contributed by atoms with Crippen LogP contribution in [0.15, 0.2) is 71.8 Å². The zero-order chi connectivity index (χ0) is 22.9. The van der Waals surface area contributed by atoms with Crippen LogP contribution in [0.2, 0.25) is 0 Å². The van der Waals surface area contributed by atoms with Crippen molar-refractivity contribution in [2.45, 2.75) is 13.5 Å². The SMILES string of the molecule is CCOc1cc(/C=N/Nc2ccc([N+](=O)[O-])cc2)ccc1OCc1ccc(C(=O)O)cc1. The molecule has 3 aromatic carbocycles. The third-order valence-electron chi connectivity index (χ3n) is 4.35. The van der Waals surface area contributed by atoms with Crippen molar-refractivity contribution in [3.8, 4) is 11.5 Å². The number of nitro groups is 1. The number of non-ortho nitro benzene ring substituents is 1. The fraction of sp³-hybridized carbons (Fsp3) is 0.130. The summed E-state index contributed by atoms with van der Waals surface area (Å²) in [5.41, 5.74) is 5.25. The Kier molecular flexibility index (Phi) is 7.37. The van der Waals surface area contributed by atoms with Crippen molar-refractivity contribution in [1.82, 2.24) is 0 Å². The fourth-order valence-corrected chi connectivity index (χ4v) is 2.74. The smallest absolute Gasteiger partial charge is 0.335 e. The molecule has 9 heteroatoms. The molecule has 0 aromatic heterocycles. The second-order valence-electron chi connectivity index (χ2n) is 6.60. The Balaban J connectivity index is 1.64. The minimum Gasteiger partial charge on any atom is -0.490 e. The van der Waals surface area contributed by atoms with E-state index < -0.39 is 10.9 Å². The molecule has 0 saturated heterocycles. The summed E-state index contributed by atoms with van der Waals surface area (Å²) < 4.78 is 11.5. The summed E-state index contributed by atoms with van der Waals surface area (Å²) in [7, 11) is 0. The van der Waals surface area contributed by atoms with Gasteiger partial charge in [0.05, 0.1) is 29.0 Å². The number of carbonyl (C=O) groups is 1. The highest BCUT2D eigenvalue weighted by molar-refractivity contribution is 5.87. The second kappa shape index (κ2) is 10.6. The minimum absolute atomic E-state index is 0.00861. The summed E-state index contributed by atoms with van der Waals surface area (Å²) in [6, 6.07) is 17.8. The number of nitrogens with zero attached hydrogens (tertiary/aromatic N) is 2. The van der Waals surface area contributed by atoms with Gasteiger partial charge in [-0.1, -0.05) is 12.1 Å². The molecule has 0 spiro atoms. The van der Waals surface area contributed by atoms with E-state index in [1.807, 2.05) is 13.0 Å². The molecule has 32 heavy (non-hydrogen) atoms. The van der Waals surface area contributed by atoms with Gasteiger partial charge in [-0.3, -0.25) is 15.5 Å². The van der Waals surface area contributed by atoms with Crippen LogP contribution >= 0.6 is 0 Å². The van der Waals surface area contributed by atoms with Gasteiger partial charge in [-0.15, -0.1) is 0 Å². The number of benzene rings is 3. The lowest BCUT2D eigenvalue weighted by atomic mass is 10.1. The number of hydrogen-bond donors (Lipinski definition) is 2. The van der Waals surface area contributed by atoms with Crippen molar-refractivity contribution >= 4 is 23.6 Å². The summed E-state index contributed by atoms with van der Waals surface area (Å²) in [5.74, 6) is 0.125. The number of hydrazone groups is 1. The lowest BCUT2D eigenvalue weighted by Gasteiger charge is -2.13. The highest BCUT2D eigenvalue weighted by Crippen LogP contribution is 2.29. The molecule has 0 radical (unpaired) electrons. The van der Waals surface area contributed by atoms with E-state index in [0.717, 1.165) is 11.1 Å². The quantitative estimate of drug-likeness (QED) is 0.268. The van der Waals surface area contributed by atoms with Crippen LogP contribution < -0.4 is 14.9 Å². The molecule has 9 nitrogen and oxygen atoms in total. The zero-order valence-electron chi connectivity index (χ0n) is 17.2. The first-order valence-corrected chi connectivity index (χ1v) is 9.71. The summed E-state index contributed by atoms with van der Waals surface area (Å²) in [5, 5.41) is 23.8. The summed E-state index contributed by atoms with van der Waals surface area (Å²) in [6.45, 7) is 2.58. The maximum Gasteiger partial charge on any atom is 0.335 e. The molecule has 0 amide bonds. The number of nitrogens with one attached hydrogen (secondary N) is 1. The average molecular weight is 435 g/mol. The maximum atomic E-state index is 10.9. The van der Waals surface area contributed by atoms with Crippen LogP contribution in [-0.4, -0.2) is 28.8 Å². The highest BCUT2D eigenvalue weighted by Gasteiger charge is 2.08. The molecule has 0 aliphatic rings. The Morgan fingerprint density at radius 1 is 1.06 bits per heavy atom.